The second-order valence-electron chi connectivity index (χ2n) is 4.08. The lowest BCUT2D eigenvalue weighted by Crippen LogP contribution is -2.17. The maximum absolute atomic E-state index is 12.4. The monoisotopic (exact) mass is 324 g/mol. The third kappa shape index (κ3) is 3.36. The van der Waals surface area contributed by atoms with E-state index in [1.54, 1.807) is 24.3 Å². The molecule has 0 unspecified atom stereocenters. The number of sulfonamides is 1. The summed E-state index contributed by atoms with van der Waals surface area (Å²) in [6.07, 6.45) is 1.27. The molecule has 21 heavy (non-hydrogen) atoms. The van der Waals surface area contributed by atoms with Crippen molar-refractivity contribution >= 4 is 27.3 Å². The van der Waals surface area contributed by atoms with Crippen molar-refractivity contribution in [1.29, 1.82) is 0 Å². The first-order chi connectivity index (χ1) is 9.95. The Balaban J connectivity index is 2.43. The summed E-state index contributed by atoms with van der Waals surface area (Å²) < 4.78 is 28.5. The molecule has 2 rings (SSSR count). The summed E-state index contributed by atoms with van der Waals surface area (Å²) in [6.45, 7) is 0.189. The van der Waals surface area contributed by atoms with E-state index in [2.05, 4.69) is 21.7 Å². The van der Waals surface area contributed by atoms with E-state index in [0.29, 0.717) is 11.3 Å². The molecule has 2 aromatic rings. The third-order valence-corrected chi connectivity index (χ3v) is 4.46. The summed E-state index contributed by atoms with van der Waals surface area (Å²) in [5.41, 5.74) is 6.22. The van der Waals surface area contributed by atoms with Crippen molar-refractivity contribution in [2.45, 2.75) is 5.03 Å². The fourth-order valence-corrected chi connectivity index (χ4v) is 3.46. The van der Waals surface area contributed by atoms with E-state index in [1.165, 1.54) is 17.9 Å². The number of hydrogen-bond donors (Lipinski definition) is 2. The molecule has 0 saturated heterocycles. The number of aryl methyl sites for hydroxylation is 1. The number of halogens is 1. The van der Waals surface area contributed by atoms with Gasteiger partial charge in [0, 0.05) is 12.6 Å². The first-order valence-electron chi connectivity index (χ1n) is 5.94. The molecular weight excluding hydrogens is 312 g/mol. The van der Waals surface area contributed by atoms with Gasteiger partial charge in [-0.1, -0.05) is 35.6 Å². The van der Waals surface area contributed by atoms with Gasteiger partial charge >= 0.3 is 0 Å². The molecule has 0 atom stereocenters. The highest BCUT2D eigenvalue weighted by molar-refractivity contribution is 7.92. The van der Waals surface area contributed by atoms with Crippen molar-refractivity contribution in [3.05, 3.63) is 41.0 Å². The normalized spacial score (nSPS) is 10.8. The summed E-state index contributed by atoms with van der Waals surface area (Å²) in [5, 5.41) is 3.76. The Bertz CT molecular complexity index is 799. The fraction of sp³-hybridized carbons (Fsp3) is 0.154. The molecule has 0 spiro atoms. The Hall–Kier alpha value is -2.01. The molecule has 8 heteroatoms. The highest BCUT2D eigenvalue weighted by Crippen LogP contribution is 2.24. The van der Waals surface area contributed by atoms with Gasteiger partial charge in [-0.3, -0.25) is 9.40 Å². The Labute approximate surface area is 128 Å². The smallest absolute Gasteiger partial charge is 0.280 e. The molecule has 0 saturated carbocycles. The van der Waals surface area contributed by atoms with E-state index >= 15 is 0 Å². The van der Waals surface area contributed by atoms with Crippen LogP contribution in [0.1, 0.15) is 5.56 Å². The predicted molar refractivity (Wildman–Crippen MR) is 81.4 cm³/mol. The van der Waals surface area contributed by atoms with E-state index in [-0.39, 0.29) is 16.6 Å². The van der Waals surface area contributed by atoms with Crippen LogP contribution in [-0.4, -0.2) is 24.7 Å². The molecule has 1 aromatic carbocycles. The molecule has 110 valence electrons. The number of benzene rings is 1. The average molecular weight is 325 g/mol. The molecule has 3 N–H and O–H groups in total. The predicted octanol–water partition coefficient (Wildman–Crippen LogP) is 1.18. The quantitative estimate of drug-likeness (QED) is 0.830. The Morgan fingerprint density at radius 1 is 1.43 bits per heavy atom. The lowest BCUT2D eigenvalue weighted by Gasteiger charge is -2.10. The Morgan fingerprint density at radius 3 is 2.76 bits per heavy atom. The van der Waals surface area contributed by atoms with Crippen molar-refractivity contribution in [3.8, 4) is 11.8 Å². The topological polar surface area (TPSA) is 90.0 Å². The van der Waals surface area contributed by atoms with Crippen LogP contribution >= 0.6 is 11.6 Å². The number of aromatic nitrogens is 2. The van der Waals surface area contributed by atoms with Gasteiger partial charge in [0.25, 0.3) is 10.0 Å². The van der Waals surface area contributed by atoms with Crippen LogP contribution in [0.2, 0.25) is 5.02 Å². The molecule has 0 radical (unpaired) electrons. The van der Waals surface area contributed by atoms with Crippen molar-refractivity contribution < 1.29 is 8.42 Å². The Morgan fingerprint density at radius 2 is 2.14 bits per heavy atom. The average Bonchev–Trinajstić information content (AvgIpc) is 2.77. The van der Waals surface area contributed by atoms with Gasteiger partial charge in [0.1, 0.15) is 0 Å². The first kappa shape index (κ1) is 15.4. The largest absolute Gasteiger partial charge is 0.320 e. The van der Waals surface area contributed by atoms with Crippen LogP contribution < -0.4 is 10.5 Å². The molecule has 1 aromatic heterocycles. The van der Waals surface area contributed by atoms with Crippen LogP contribution in [0.25, 0.3) is 0 Å². The minimum atomic E-state index is -3.86. The van der Waals surface area contributed by atoms with E-state index in [0.717, 1.165) is 0 Å². The maximum Gasteiger partial charge on any atom is 0.280 e. The van der Waals surface area contributed by atoms with Crippen molar-refractivity contribution in [1.82, 2.24) is 9.78 Å². The number of para-hydroxylation sites is 1. The van der Waals surface area contributed by atoms with Crippen molar-refractivity contribution in [2.24, 2.45) is 12.8 Å². The van der Waals surface area contributed by atoms with Crippen LogP contribution in [0.4, 0.5) is 5.69 Å². The highest BCUT2D eigenvalue weighted by atomic mass is 35.5. The fourth-order valence-electron chi connectivity index (χ4n) is 1.72. The van der Waals surface area contributed by atoms with Crippen LogP contribution in [-0.2, 0) is 17.1 Å². The van der Waals surface area contributed by atoms with Crippen LogP contribution in [0.15, 0.2) is 35.5 Å². The molecule has 0 fully saturated rings. The summed E-state index contributed by atoms with van der Waals surface area (Å²) in [5.74, 6) is 5.50. The summed E-state index contributed by atoms with van der Waals surface area (Å²) >= 11 is 5.87. The number of nitrogens with one attached hydrogen (secondary N) is 1. The molecule has 0 aliphatic heterocycles. The van der Waals surface area contributed by atoms with Crippen molar-refractivity contribution in [2.75, 3.05) is 11.3 Å². The van der Waals surface area contributed by atoms with Crippen molar-refractivity contribution in [3.63, 3.8) is 0 Å². The number of nitrogens with zero attached hydrogens (tertiary/aromatic N) is 2. The number of anilines is 1. The van der Waals surface area contributed by atoms with Gasteiger partial charge in [0.05, 0.1) is 23.5 Å². The summed E-state index contributed by atoms with van der Waals surface area (Å²) in [6, 6.07) is 6.78. The van der Waals surface area contributed by atoms with Gasteiger partial charge in [0.15, 0.2) is 5.03 Å². The summed E-state index contributed by atoms with van der Waals surface area (Å²) in [4.78, 5) is 0. The lowest BCUT2D eigenvalue weighted by molar-refractivity contribution is 0.582. The zero-order valence-corrected chi connectivity index (χ0v) is 12.7. The minimum Gasteiger partial charge on any atom is -0.320 e. The van der Waals surface area contributed by atoms with Crippen LogP contribution in [0.5, 0.6) is 0 Å². The number of rotatable bonds is 3. The molecule has 0 amide bonds. The van der Waals surface area contributed by atoms with Gasteiger partial charge in [-0.2, -0.15) is 13.5 Å². The van der Waals surface area contributed by atoms with Gasteiger partial charge in [-0.25, -0.2) is 0 Å². The molecule has 0 bridgehead atoms. The van der Waals surface area contributed by atoms with E-state index < -0.39 is 10.0 Å². The highest BCUT2D eigenvalue weighted by Gasteiger charge is 2.23. The minimum absolute atomic E-state index is 0.0514. The van der Waals surface area contributed by atoms with Gasteiger partial charge in [0.2, 0.25) is 0 Å². The molecular formula is C13H13ClN4O2S. The van der Waals surface area contributed by atoms with E-state index in [1.807, 2.05) is 0 Å². The molecule has 6 nitrogen and oxygen atoms in total. The van der Waals surface area contributed by atoms with Crippen LogP contribution in [0.3, 0.4) is 0 Å². The number of hydrogen-bond acceptors (Lipinski definition) is 4. The number of nitrogens with two attached hydrogens (primary N) is 1. The second kappa shape index (κ2) is 6.18. The molecule has 1 heterocycles. The molecule has 0 aliphatic rings. The zero-order valence-electron chi connectivity index (χ0n) is 11.2. The second-order valence-corrected chi connectivity index (χ2v) is 6.08. The summed E-state index contributed by atoms with van der Waals surface area (Å²) in [7, 11) is -2.36. The lowest BCUT2D eigenvalue weighted by atomic mass is 10.2. The van der Waals surface area contributed by atoms with E-state index in [4.69, 9.17) is 17.3 Å². The van der Waals surface area contributed by atoms with E-state index in [9.17, 15) is 8.42 Å². The van der Waals surface area contributed by atoms with Gasteiger partial charge in [-0.15, -0.1) is 0 Å². The standard InChI is InChI=1S/C13H13ClN4O2S/c1-18-13(11(14)9-16-18)21(19,20)17-12-7-3-2-5-10(12)6-4-8-15/h2-3,5,7,9,17H,8,15H2,1H3. The zero-order chi connectivity index (χ0) is 15.5. The van der Waals surface area contributed by atoms with Crippen LogP contribution in [0, 0.1) is 11.8 Å². The Kier molecular flexibility index (Phi) is 4.53. The first-order valence-corrected chi connectivity index (χ1v) is 7.80. The van der Waals surface area contributed by atoms with Gasteiger partial charge in [-0.05, 0) is 12.1 Å². The molecule has 0 aliphatic carbocycles. The van der Waals surface area contributed by atoms with Gasteiger partial charge < -0.3 is 5.73 Å². The SMILES string of the molecule is Cn1ncc(Cl)c1S(=O)(=O)Nc1ccccc1C#CCN. The maximum atomic E-state index is 12.4. The third-order valence-electron chi connectivity index (χ3n) is 2.59.